The number of carboxylic acid groups (broad SMARTS) is 1. The molecule has 0 aliphatic carbocycles. The van der Waals surface area contributed by atoms with Crippen LogP contribution in [0.15, 0.2) is 107 Å². The maximum absolute atomic E-state index is 13.1. The average molecular weight is 566 g/mol. The average Bonchev–Trinajstić information content (AvgIpc) is 2.92. The zero-order valence-electron chi connectivity index (χ0n) is 21.1. The molecule has 0 amide bonds. The number of carboxylic acids is 1. The minimum absolute atomic E-state index is 0.0463. The van der Waals surface area contributed by atoms with Crippen LogP contribution < -0.4 is 10.1 Å². The number of hydrogen-bond acceptors (Lipinski definition) is 6. The van der Waals surface area contributed by atoms with Gasteiger partial charge >= 0.3 is 5.97 Å². The molecule has 3 N–H and O–H groups in total. The summed E-state index contributed by atoms with van der Waals surface area (Å²) in [5.41, 5.74) is 1.79. The van der Waals surface area contributed by atoms with Crippen LogP contribution in [0.25, 0.3) is 0 Å². The van der Waals surface area contributed by atoms with Gasteiger partial charge in [0.05, 0.1) is 21.5 Å². The molecule has 7 nitrogen and oxygen atoms in total. The maximum atomic E-state index is 13.1. The lowest BCUT2D eigenvalue weighted by Crippen LogP contribution is -2.32. The number of carbonyl (C=O) groups is 1. The van der Waals surface area contributed by atoms with Crippen LogP contribution in [0, 0.1) is 0 Å². The van der Waals surface area contributed by atoms with Crippen LogP contribution in [0.2, 0.25) is 5.02 Å². The van der Waals surface area contributed by atoms with Gasteiger partial charge in [0.2, 0.25) is 9.84 Å². The minimum Gasteiger partial charge on any atom is -0.478 e. The summed E-state index contributed by atoms with van der Waals surface area (Å²) < 4.78 is 31.9. The van der Waals surface area contributed by atoms with Gasteiger partial charge in [-0.3, -0.25) is 0 Å². The lowest BCUT2D eigenvalue weighted by Gasteiger charge is -2.18. The molecule has 0 bridgehead atoms. The van der Waals surface area contributed by atoms with Gasteiger partial charge in [0.15, 0.2) is 0 Å². The van der Waals surface area contributed by atoms with Crippen molar-refractivity contribution in [1.82, 2.24) is 5.32 Å². The highest BCUT2D eigenvalue weighted by atomic mass is 35.5. The number of halogens is 1. The van der Waals surface area contributed by atoms with Crippen LogP contribution in [0.5, 0.6) is 11.5 Å². The predicted molar refractivity (Wildman–Crippen MR) is 149 cm³/mol. The summed E-state index contributed by atoms with van der Waals surface area (Å²) in [6.45, 7) is 2.36. The lowest BCUT2D eigenvalue weighted by atomic mass is 10.1. The fourth-order valence-corrected chi connectivity index (χ4v) is 5.49. The van der Waals surface area contributed by atoms with E-state index in [0.29, 0.717) is 29.5 Å². The zero-order chi connectivity index (χ0) is 28.0. The number of hydrogen-bond donors (Lipinski definition) is 3. The van der Waals surface area contributed by atoms with E-state index in [1.807, 2.05) is 13.0 Å². The summed E-state index contributed by atoms with van der Waals surface area (Å²) >= 11 is 6.00. The maximum Gasteiger partial charge on any atom is 0.335 e. The molecule has 0 aliphatic heterocycles. The molecular formula is C30H28ClNO6S. The largest absolute Gasteiger partial charge is 0.478 e. The van der Waals surface area contributed by atoms with E-state index < -0.39 is 21.9 Å². The molecule has 0 radical (unpaired) electrons. The molecule has 0 spiro atoms. The van der Waals surface area contributed by atoms with Crippen molar-refractivity contribution in [3.63, 3.8) is 0 Å². The molecule has 0 aromatic heterocycles. The van der Waals surface area contributed by atoms with Gasteiger partial charge in [0.25, 0.3) is 0 Å². The van der Waals surface area contributed by atoms with E-state index in [0.717, 1.165) is 11.1 Å². The van der Waals surface area contributed by atoms with Crippen LogP contribution in [-0.4, -0.2) is 37.2 Å². The summed E-state index contributed by atoms with van der Waals surface area (Å²) in [5, 5.41) is 23.4. The predicted octanol–water partition coefficient (Wildman–Crippen LogP) is 5.92. The Morgan fingerprint density at radius 2 is 1.54 bits per heavy atom. The van der Waals surface area contributed by atoms with Crippen LogP contribution in [0.1, 0.15) is 34.5 Å². The van der Waals surface area contributed by atoms with Gasteiger partial charge < -0.3 is 20.3 Å². The summed E-state index contributed by atoms with van der Waals surface area (Å²) in [5.74, 6) is -0.344. The smallest absolute Gasteiger partial charge is 0.335 e. The monoisotopic (exact) mass is 565 g/mol. The molecule has 0 aliphatic rings. The third-order valence-electron chi connectivity index (χ3n) is 6.12. The fourth-order valence-electron chi connectivity index (χ4n) is 4.03. The molecule has 2 atom stereocenters. The normalized spacial score (nSPS) is 13.0. The van der Waals surface area contributed by atoms with Crippen molar-refractivity contribution in [2.75, 3.05) is 6.54 Å². The van der Waals surface area contributed by atoms with E-state index in [1.165, 1.54) is 36.4 Å². The van der Waals surface area contributed by atoms with Gasteiger partial charge in [-0.05, 0) is 91.2 Å². The highest BCUT2D eigenvalue weighted by Crippen LogP contribution is 2.27. The Hall–Kier alpha value is -3.69. The van der Waals surface area contributed by atoms with Crippen molar-refractivity contribution in [3.8, 4) is 11.5 Å². The highest BCUT2D eigenvalue weighted by molar-refractivity contribution is 7.91. The van der Waals surface area contributed by atoms with Crippen LogP contribution in [0.4, 0.5) is 0 Å². The summed E-state index contributed by atoms with van der Waals surface area (Å²) in [6, 6.07) is 25.9. The molecular weight excluding hydrogens is 538 g/mol. The van der Waals surface area contributed by atoms with E-state index in [9.17, 15) is 18.3 Å². The topological polar surface area (TPSA) is 113 Å². The molecule has 0 saturated heterocycles. The van der Waals surface area contributed by atoms with Crippen molar-refractivity contribution in [2.45, 2.75) is 35.3 Å². The van der Waals surface area contributed by atoms with Crippen LogP contribution >= 0.6 is 11.6 Å². The summed E-state index contributed by atoms with van der Waals surface area (Å²) in [4.78, 5) is 11.4. The number of rotatable bonds is 11. The molecule has 9 heteroatoms. The Labute approximate surface area is 232 Å². The Balaban J connectivity index is 1.35. The van der Waals surface area contributed by atoms with E-state index in [-0.39, 0.29) is 21.4 Å². The van der Waals surface area contributed by atoms with Crippen molar-refractivity contribution >= 4 is 27.4 Å². The van der Waals surface area contributed by atoms with Gasteiger partial charge in [-0.2, -0.15) is 0 Å². The van der Waals surface area contributed by atoms with Crippen molar-refractivity contribution < 1.29 is 28.2 Å². The Morgan fingerprint density at radius 3 is 2.18 bits per heavy atom. The first-order chi connectivity index (χ1) is 18.6. The SMILES string of the molecule is C[C@H](Cc1ccc(S(=O)(=O)c2ccc(Oc3cccc(C(=O)O)c3)cc2)cc1)NC[C@@H](O)c1cccc(Cl)c1. The van der Waals surface area contributed by atoms with Crippen molar-refractivity contribution in [3.05, 3.63) is 119 Å². The lowest BCUT2D eigenvalue weighted by molar-refractivity contribution is 0.0696. The van der Waals surface area contributed by atoms with Gasteiger partial charge in [-0.15, -0.1) is 0 Å². The summed E-state index contributed by atoms with van der Waals surface area (Å²) in [7, 11) is -3.74. The van der Waals surface area contributed by atoms with Gasteiger partial charge in [-0.1, -0.05) is 41.9 Å². The van der Waals surface area contributed by atoms with Crippen molar-refractivity contribution in [2.24, 2.45) is 0 Å². The second-order valence-corrected chi connectivity index (χ2v) is 11.5. The fraction of sp³-hybridized carbons (Fsp3) is 0.167. The van der Waals surface area contributed by atoms with Crippen LogP contribution in [0.3, 0.4) is 0 Å². The van der Waals surface area contributed by atoms with Gasteiger partial charge in [-0.25, -0.2) is 13.2 Å². The molecule has 0 unspecified atom stereocenters. The number of aromatic carboxylic acids is 1. The summed E-state index contributed by atoms with van der Waals surface area (Å²) in [6.07, 6.45) is -0.0390. The number of sulfone groups is 1. The first-order valence-corrected chi connectivity index (χ1v) is 14.1. The molecule has 4 aromatic rings. The van der Waals surface area contributed by atoms with E-state index in [4.69, 9.17) is 21.4 Å². The molecule has 0 heterocycles. The van der Waals surface area contributed by atoms with E-state index >= 15 is 0 Å². The first-order valence-electron chi connectivity index (χ1n) is 12.2. The molecule has 4 rings (SSSR count). The van der Waals surface area contributed by atoms with Crippen molar-refractivity contribution in [1.29, 1.82) is 0 Å². The molecule has 0 saturated carbocycles. The second kappa shape index (κ2) is 12.4. The molecule has 39 heavy (non-hydrogen) atoms. The van der Waals surface area contributed by atoms with Crippen LogP contribution in [-0.2, 0) is 16.3 Å². The third-order valence-corrected chi connectivity index (χ3v) is 8.14. The Bertz CT molecular complexity index is 1540. The van der Waals surface area contributed by atoms with Gasteiger partial charge in [0.1, 0.15) is 11.5 Å². The number of ether oxygens (including phenoxy) is 1. The number of aliphatic hydroxyl groups is 1. The zero-order valence-corrected chi connectivity index (χ0v) is 22.7. The highest BCUT2D eigenvalue weighted by Gasteiger charge is 2.18. The Kier molecular flexibility index (Phi) is 9.04. The first kappa shape index (κ1) is 28.3. The Morgan fingerprint density at radius 1 is 0.897 bits per heavy atom. The minimum atomic E-state index is -3.74. The standard InChI is InChI=1S/C30H28ClNO6S/c1-20(32-19-29(33)22-4-2-6-24(31)17-22)16-21-8-12-27(13-9-21)39(36,37)28-14-10-25(11-15-28)38-26-7-3-5-23(18-26)30(34)35/h2-15,17-18,20,29,32-33H,16,19H2,1H3,(H,34,35)/t20-,29-/m1/s1. The number of aliphatic hydroxyl groups excluding tert-OH is 1. The second-order valence-electron chi connectivity index (χ2n) is 9.14. The van der Waals surface area contributed by atoms with E-state index in [1.54, 1.807) is 54.6 Å². The number of benzene rings is 4. The van der Waals surface area contributed by atoms with E-state index in [2.05, 4.69) is 5.32 Å². The molecule has 4 aromatic carbocycles. The third kappa shape index (κ3) is 7.46. The molecule has 0 fully saturated rings. The quantitative estimate of drug-likeness (QED) is 0.207. The number of nitrogens with one attached hydrogen (secondary N) is 1. The molecule has 202 valence electrons. The van der Waals surface area contributed by atoms with Gasteiger partial charge in [0, 0.05) is 17.6 Å².